The molecule has 0 saturated heterocycles. The lowest BCUT2D eigenvalue weighted by Gasteiger charge is -2.14. The van der Waals surface area contributed by atoms with Crippen molar-refractivity contribution in [3.8, 4) is 0 Å². The van der Waals surface area contributed by atoms with Crippen LogP contribution in [0, 0.1) is 11.8 Å². The third kappa shape index (κ3) is 19.5. The van der Waals surface area contributed by atoms with E-state index in [1.54, 1.807) is 6.92 Å². The van der Waals surface area contributed by atoms with E-state index < -0.39 is 57.1 Å². The number of esters is 2. The average molecular weight is 610 g/mol. The highest BCUT2D eigenvalue weighted by molar-refractivity contribution is 7.89. The van der Waals surface area contributed by atoms with Crippen LogP contribution in [0.25, 0.3) is 16.0 Å². The van der Waals surface area contributed by atoms with Crippen molar-refractivity contribution in [2.75, 3.05) is 48.8 Å². The van der Waals surface area contributed by atoms with Gasteiger partial charge in [-0.15, -0.1) is 0 Å². The third-order valence-corrected chi connectivity index (χ3v) is 5.00. The number of Topliss-reactive ketones (excluding diaryl/α,β-unsaturated/α-hetero) is 2. The smallest absolute Gasteiger partial charge is 0.424 e. The van der Waals surface area contributed by atoms with Crippen LogP contribution in [0.3, 0.4) is 0 Å². The summed E-state index contributed by atoms with van der Waals surface area (Å²) in [5, 5.41) is 1.71. The first-order valence-electron chi connectivity index (χ1n) is 11.2. The lowest BCUT2D eigenvalue weighted by atomic mass is 9.98. The number of carbonyl (C=O) groups excluding carboxylic acids is 6. The Kier molecular flexibility index (Phi) is 21.7. The van der Waals surface area contributed by atoms with E-state index in [-0.39, 0.29) is 25.0 Å². The van der Waals surface area contributed by atoms with Crippen molar-refractivity contribution in [2.24, 2.45) is 16.4 Å². The Morgan fingerprint density at radius 2 is 1.27 bits per heavy atom. The minimum Gasteiger partial charge on any atom is -0.469 e. The SMILES string of the molecule is COC(=O)C[C@H](C)C(=O)C(=[N+]=[N-])C(=O)N(C)OC.COC(=O)C[C@H](C)C(=O)CC(=O)N(C)OC.CS(=O)(=O)N=[N+]=[N-]. The molecular formula is C21H35N7O12S. The van der Waals surface area contributed by atoms with E-state index in [4.69, 9.17) is 11.1 Å². The number of ketones is 2. The van der Waals surface area contributed by atoms with Crippen LogP contribution in [0.4, 0.5) is 0 Å². The Bertz CT molecular complexity index is 1150. The predicted molar refractivity (Wildman–Crippen MR) is 138 cm³/mol. The Labute approximate surface area is 236 Å². The molecule has 0 aliphatic rings. The second-order valence-corrected chi connectivity index (χ2v) is 9.41. The third-order valence-electron chi connectivity index (χ3n) is 4.63. The number of azide groups is 1. The number of carbonyl (C=O) groups is 6. The second kappa shape index (κ2) is 21.6. The van der Waals surface area contributed by atoms with Crippen molar-refractivity contribution in [3.63, 3.8) is 0 Å². The van der Waals surface area contributed by atoms with E-state index >= 15 is 0 Å². The Hall–Kier alpha value is -4.22. The van der Waals surface area contributed by atoms with Crippen LogP contribution in [0.1, 0.15) is 33.1 Å². The van der Waals surface area contributed by atoms with E-state index in [2.05, 4.69) is 28.5 Å². The first-order chi connectivity index (χ1) is 18.9. The number of nitrogens with zero attached hydrogens (tertiary/aromatic N) is 7. The van der Waals surface area contributed by atoms with Gasteiger partial charge in [-0.1, -0.05) is 13.8 Å². The molecule has 20 heteroatoms. The van der Waals surface area contributed by atoms with Crippen LogP contribution < -0.4 is 0 Å². The number of hydrogen-bond acceptors (Lipinski definition) is 12. The van der Waals surface area contributed by atoms with Gasteiger partial charge in [0.05, 0.1) is 47.7 Å². The van der Waals surface area contributed by atoms with Crippen LogP contribution in [-0.4, -0.2) is 113 Å². The lowest BCUT2D eigenvalue weighted by molar-refractivity contribution is -0.170. The lowest BCUT2D eigenvalue weighted by Crippen LogP contribution is -2.40. The summed E-state index contributed by atoms with van der Waals surface area (Å²) in [6.07, 6.45) is 0.326. The van der Waals surface area contributed by atoms with Gasteiger partial charge in [-0.2, -0.15) is 4.79 Å². The van der Waals surface area contributed by atoms with Gasteiger partial charge in [0.25, 0.3) is 11.7 Å². The van der Waals surface area contributed by atoms with Crippen LogP contribution in [-0.2, 0) is 57.9 Å². The maximum absolute atomic E-state index is 11.8. The van der Waals surface area contributed by atoms with Gasteiger partial charge < -0.3 is 15.0 Å². The quantitative estimate of drug-likeness (QED) is 0.0502. The summed E-state index contributed by atoms with van der Waals surface area (Å²) < 4.78 is 30.9. The monoisotopic (exact) mass is 609 g/mol. The molecule has 19 nitrogen and oxygen atoms in total. The van der Waals surface area contributed by atoms with Gasteiger partial charge in [0, 0.05) is 41.6 Å². The van der Waals surface area contributed by atoms with Crippen molar-refractivity contribution < 1.29 is 61.1 Å². The fourth-order valence-electron chi connectivity index (χ4n) is 2.14. The Balaban J connectivity index is -0.000000576. The molecule has 0 saturated carbocycles. The van der Waals surface area contributed by atoms with E-state index in [0.717, 1.165) is 16.4 Å². The fourth-order valence-corrected chi connectivity index (χ4v) is 2.27. The van der Waals surface area contributed by atoms with Crippen molar-refractivity contribution in [2.45, 2.75) is 33.1 Å². The summed E-state index contributed by atoms with van der Waals surface area (Å²) in [4.78, 5) is 82.0. The molecule has 0 aliphatic carbocycles. The first kappa shape index (κ1) is 41.3. The topological polar surface area (TPSA) is 265 Å². The predicted octanol–water partition coefficient (Wildman–Crippen LogP) is -0.134. The zero-order valence-electron chi connectivity index (χ0n) is 24.2. The van der Waals surface area contributed by atoms with Crippen LogP contribution in [0.5, 0.6) is 0 Å². The Morgan fingerprint density at radius 3 is 1.59 bits per heavy atom. The largest absolute Gasteiger partial charge is 0.469 e. The molecule has 0 N–H and O–H groups in total. The molecule has 0 fully saturated rings. The minimum absolute atomic E-state index is 0.0146. The standard InChI is InChI=1S/C10H15N3O5.C10H17NO5.CH3N3O2S/c1-6(5-7(14)17-3)9(15)8(12-11)10(16)13(2)18-4;1-7(5-10(14)15-3)8(12)6-9(13)11(2)16-4;1-7(5,6)4-3-2/h6H,5H2,1-4H3;7H,5-6H2,1-4H3;1H3/t6-;7-;/m00./s1. The normalized spacial score (nSPS) is 11.1. The second-order valence-electron chi connectivity index (χ2n) is 7.78. The zero-order valence-corrected chi connectivity index (χ0v) is 25.0. The van der Waals surface area contributed by atoms with Crippen LogP contribution >= 0.6 is 0 Å². The van der Waals surface area contributed by atoms with Gasteiger partial charge in [0.15, 0.2) is 0 Å². The Morgan fingerprint density at radius 1 is 0.829 bits per heavy atom. The highest BCUT2D eigenvalue weighted by Crippen LogP contribution is 2.09. The fraction of sp³-hybridized carbons (Fsp3) is 0.667. The molecule has 0 heterocycles. The van der Waals surface area contributed by atoms with Gasteiger partial charge in [0.1, 0.15) is 5.78 Å². The summed E-state index contributed by atoms with van der Waals surface area (Å²) in [6, 6.07) is 0. The maximum Gasteiger partial charge on any atom is 0.424 e. The minimum atomic E-state index is -3.47. The van der Waals surface area contributed by atoms with E-state index in [1.807, 2.05) is 4.91 Å². The summed E-state index contributed by atoms with van der Waals surface area (Å²) in [5.74, 6) is -4.84. The molecule has 0 aromatic carbocycles. The van der Waals surface area contributed by atoms with E-state index in [9.17, 15) is 37.2 Å². The highest BCUT2D eigenvalue weighted by atomic mass is 32.2. The average Bonchev–Trinajstić information content (AvgIpc) is 2.91. The molecule has 2 amide bonds. The molecule has 2 atom stereocenters. The summed E-state index contributed by atoms with van der Waals surface area (Å²) in [6.45, 7) is 3.00. The van der Waals surface area contributed by atoms with Gasteiger partial charge in [-0.25, -0.2) is 18.5 Å². The molecule has 0 spiro atoms. The number of sulfonamides is 1. The van der Waals surface area contributed by atoms with Crippen molar-refractivity contribution in [1.82, 2.24) is 10.1 Å². The van der Waals surface area contributed by atoms with Crippen LogP contribution in [0.15, 0.2) is 4.52 Å². The van der Waals surface area contributed by atoms with Crippen molar-refractivity contribution >= 4 is 51.1 Å². The molecule has 232 valence electrons. The number of ether oxygens (including phenoxy) is 2. The molecule has 0 aromatic heterocycles. The van der Waals surface area contributed by atoms with Gasteiger partial charge in [-0.3, -0.25) is 38.4 Å². The van der Waals surface area contributed by atoms with Gasteiger partial charge in [-0.05, 0) is 5.53 Å². The number of hydrogen-bond donors (Lipinski definition) is 0. The molecule has 41 heavy (non-hydrogen) atoms. The number of amides is 2. The summed E-state index contributed by atoms with van der Waals surface area (Å²) in [7, 11) is 4.20. The zero-order chi connectivity index (χ0) is 32.9. The highest BCUT2D eigenvalue weighted by Gasteiger charge is 2.36. The molecule has 0 aromatic rings. The van der Waals surface area contributed by atoms with Crippen molar-refractivity contribution in [1.29, 1.82) is 0 Å². The van der Waals surface area contributed by atoms with Gasteiger partial charge in [0.2, 0.25) is 10.0 Å². The van der Waals surface area contributed by atoms with Crippen LogP contribution in [0.2, 0.25) is 0 Å². The van der Waals surface area contributed by atoms with E-state index in [1.165, 1.54) is 49.5 Å². The molecular weight excluding hydrogens is 574 g/mol. The molecule has 0 radical (unpaired) electrons. The number of hydroxylamine groups is 4. The maximum atomic E-state index is 11.8. The number of methoxy groups -OCH3 is 2. The van der Waals surface area contributed by atoms with E-state index in [0.29, 0.717) is 0 Å². The molecule has 0 aliphatic heterocycles. The summed E-state index contributed by atoms with van der Waals surface area (Å²) >= 11 is 0. The van der Waals surface area contributed by atoms with Crippen molar-refractivity contribution in [3.05, 3.63) is 16.0 Å². The first-order valence-corrected chi connectivity index (χ1v) is 13.0. The number of rotatable bonds is 13. The molecule has 0 rings (SSSR count). The molecule has 0 unspecified atom stereocenters. The molecule has 0 bridgehead atoms. The summed E-state index contributed by atoms with van der Waals surface area (Å²) in [5.41, 5.74) is 15.5. The van der Waals surface area contributed by atoms with Gasteiger partial charge >= 0.3 is 23.6 Å².